The Balaban J connectivity index is 2.63. The summed E-state index contributed by atoms with van der Waals surface area (Å²) in [6.45, 7) is 0.518. The summed E-state index contributed by atoms with van der Waals surface area (Å²) in [5.41, 5.74) is 1.59. The largest absolute Gasteiger partial charge is 0.355 e. The molecule has 4 nitrogen and oxygen atoms in total. The minimum absolute atomic E-state index is 0.0142. The molecule has 0 saturated heterocycles. The summed E-state index contributed by atoms with van der Waals surface area (Å²) < 4.78 is 0. The van der Waals surface area contributed by atoms with Crippen LogP contribution in [-0.4, -0.2) is 36.7 Å². The molecule has 0 saturated carbocycles. The number of rotatable bonds is 5. The maximum atomic E-state index is 11.5. The number of carbonyl (C=O) groups excluding carboxylic acids is 2. The van der Waals surface area contributed by atoms with Gasteiger partial charge in [0.25, 0.3) is 5.91 Å². The Morgan fingerprint density at radius 1 is 1.28 bits per heavy atom. The van der Waals surface area contributed by atoms with Crippen molar-refractivity contribution in [3.05, 3.63) is 35.4 Å². The second-order valence-corrected chi connectivity index (χ2v) is 4.34. The van der Waals surface area contributed by atoms with E-state index in [-0.39, 0.29) is 11.8 Å². The Morgan fingerprint density at radius 3 is 2.39 bits per heavy atom. The maximum Gasteiger partial charge on any atom is 0.251 e. The fourth-order valence-electron chi connectivity index (χ4n) is 1.54. The molecule has 2 amide bonds. The number of nitrogens with one attached hydrogen (secondary N) is 1. The van der Waals surface area contributed by atoms with E-state index >= 15 is 0 Å². The van der Waals surface area contributed by atoms with E-state index in [0.717, 1.165) is 5.56 Å². The fraction of sp³-hybridized carbons (Fsp3) is 0.385. The zero-order chi connectivity index (χ0) is 13.5. The van der Waals surface area contributed by atoms with Crippen molar-refractivity contribution in [3.8, 4) is 0 Å². The smallest absolute Gasteiger partial charge is 0.251 e. The number of hydrogen-bond acceptors (Lipinski definition) is 2. The highest BCUT2D eigenvalue weighted by molar-refractivity contribution is 6.18. The number of hydrogen-bond donors (Lipinski definition) is 1. The van der Waals surface area contributed by atoms with Crippen LogP contribution in [0.1, 0.15) is 22.3 Å². The molecule has 0 unspecified atom stereocenters. The molecule has 0 aromatic heterocycles. The number of alkyl halides is 1. The lowest BCUT2D eigenvalue weighted by atomic mass is 10.1. The Labute approximate surface area is 112 Å². The standard InChI is InChI=1S/C13H17ClN2O2/c1-15-13(18)11-5-3-10(4-6-11)9-16(2)12(17)7-8-14/h3-6H,7-9H2,1-2H3,(H,15,18). The van der Waals surface area contributed by atoms with Gasteiger partial charge in [-0.3, -0.25) is 9.59 Å². The first-order chi connectivity index (χ1) is 8.58. The molecule has 1 aromatic rings. The molecule has 0 spiro atoms. The molecular formula is C13H17ClN2O2. The molecule has 0 atom stereocenters. The third kappa shape index (κ3) is 4.04. The molecule has 0 radical (unpaired) electrons. The predicted molar refractivity (Wildman–Crippen MR) is 71.6 cm³/mol. The quantitative estimate of drug-likeness (QED) is 0.826. The van der Waals surface area contributed by atoms with E-state index in [1.165, 1.54) is 0 Å². The first-order valence-electron chi connectivity index (χ1n) is 5.69. The Bertz CT molecular complexity index is 418. The van der Waals surface area contributed by atoms with Gasteiger partial charge in [0.2, 0.25) is 5.91 Å². The van der Waals surface area contributed by atoms with E-state index in [1.807, 2.05) is 12.1 Å². The highest BCUT2D eigenvalue weighted by atomic mass is 35.5. The molecule has 0 heterocycles. The lowest BCUT2D eigenvalue weighted by Gasteiger charge is -2.16. The number of amides is 2. The number of nitrogens with zero attached hydrogens (tertiary/aromatic N) is 1. The van der Waals surface area contributed by atoms with E-state index in [2.05, 4.69) is 5.32 Å². The van der Waals surface area contributed by atoms with Crippen molar-refractivity contribution in [2.75, 3.05) is 20.0 Å². The first kappa shape index (κ1) is 14.5. The van der Waals surface area contributed by atoms with Crippen LogP contribution < -0.4 is 5.32 Å². The van der Waals surface area contributed by atoms with Gasteiger partial charge in [0.05, 0.1) is 0 Å². The maximum absolute atomic E-state index is 11.5. The molecule has 0 bridgehead atoms. The average molecular weight is 269 g/mol. The zero-order valence-electron chi connectivity index (χ0n) is 10.6. The molecule has 0 aliphatic heterocycles. The number of carbonyl (C=O) groups is 2. The molecule has 18 heavy (non-hydrogen) atoms. The van der Waals surface area contributed by atoms with E-state index in [9.17, 15) is 9.59 Å². The summed E-state index contributed by atoms with van der Waals surface area (Å²) in [6, 6.07) is 7.17. The van der Waals surface area contributed by atoms with E-state index < -0.39 is 0 Å². The molecule has 5 heteroatoms. The van der Waals surface area contributed by atoms with Gasteiger partial charge >= 0.3 is 0 Å². The van der Waals surface area contributed by atoms with Gasteiger partial charge in [-0.05, 0) is 17.7 Å². The Kier molecular flexibility index (Phi) is 5.65. The van der Waals surface area contributed by atoms with Gasteiger partial charge in [0.15, 0.2) is 0 Å². The van der Waals surface area contributed by atoms with Crippen molar-refractivity contribution in [2.45, 2.75) is 13.0 Å². The Morgan fingerprint density at radius 2 is 1.89 bits per heavy atom. The van der Waals surface area contributed by atoms with Gasteiger partial charge in [-0.1, -0.05) is 12.1 Å². The summed E-state index contributed by atoms with van der Waals surface area (Å²) in [4.78, 5) is 24.5. The van der Waals surface area contributed by atoms with E-state index in [4.69, 9.17) is 11.6 Å². The average Bonchev–Trinajstić information content (AvgIpc) is 2.39. The SMILES string of the molecule is CNC(=O)c1ccc(CN(C)C(=O)CCCl)cc1. The summed E-state index contributed by atoms with van der Waals surface area (Å²) in [5, 5.41) is 2.56. The van der Waals surface area contributed by atoms with Crippen molar-refractivity contribution in [1.82, 2.24) is 10.2 Å². The molecule has 1 rings (SSSR count). The van der Waals surface area contributed by atoms with Gasteiger partial charge in [0.1, 0.15) is 0 Å². The van der Waals surface area contributed by atoms with E-state index in [0.29, 0.717) is 24.4 Å². The van der Waals surface area contributed by atoms with Crippen molar-refractivity contribution < 1.29 is 9.59 Å². The topological polar surface area (TPSA) is 49.4 Å². The fourth-order valence-corrected chi connectivity index (χ4v) is 1.70. The molecule has 98 valence electrons. The van der Waals surface area contributed by atoms with E-state index in [1.54, 1.807) is 31.1 Å². The third-order valence-electron chi connectivity index (χ3n) is 2.60. The van der Waals surface area contributed by atoms with Crippen LogP contribution in [0.5, 0.6) is 0 Å². The normalized spacial score (nSPS) is 9.94. The molecule has 1 aromatic carbocycles. The van der Waals surface area contributed by atoms with Crippen molar-refractivity contribution in [2.24, 2.45) is 0 Å². The van der Waals surface area contributed by atoms with Crippen LogP contribution in [0.25, 0.3) is 0 Å². The summed E-state index contributed by atoms with van der Waals surface area (Å²) >= 11 is 5.52. The second-order valence-electron chi connectivity index (χ2n) is 3.96. The molecule has 0 aliphatic rings. The van der Waals surface area contributed by atoms with Crippen LogP contribution in [0, 0.1) is 0 Å². The summed E-state index contributed by atoms with van der Waals surface area (Å²) in [7, 11) is 3.33. The van der Waals surface area contributed by atoms with Crippen LogP contribution in [0.3, 0.4) is 0 Å². The minimum Gasteiger partial charge on any atom is -0.355 e. The van der Waals surface area contributed by atoms with Gasteiger partial charge in [0, 0.05) is 38.5 Å². The van der Waals surface area contributed by atoms with Gasteiger partial charge < -0.3 is 10.2 Å². The van der Waals surface area contributed by atoms with Crippen molar-refractivity contribution >= 4 is 23.4 Å². The Hall–Kier alpha value is -1.55. The minimum atomic E-state index is -0.117. The van der Waals surface area contributed by atoms with Crippen LogP contribution >= 0.6 is 11.6 Å². The summed E-state index contributed by atoms with van der Waals surface area (Å²) in [6.07, 6.45) is 0.342. The monoisotopic (exact) mass is 268 g/mol. The zero-order valence-corrected chi connectivity index (χ0v) is 11.3. The molecule has 1 N–H and O–H groups in total. The van der Waals surface area contributed by atoms with Crippen molar-refractivity contribution in [1.29, 1.82) is 0 Å². The first-order valence-corrected chi connectivity index (χ1v) is 6.23. The number of benzene rings is 1. The third-order valence-corrected chi connectivity index (χ3v) is 2.79. The molecular weight excluding hydrogens is 252 g/mol. The molecule has 0 aliphatic carbocycles. The second kappa shape index (κ2) is 7.01. The van der Waals surface area contributed by atoms with Crippen LogP contribution in [0.15, 0.2) is 24.3 Å². The van der Waals surface area contributed by atoms with Gasteiger partial charge in [-0.2, -0.15) is 0 Å². The lowest BCUT2D eigenvalue weighted by Crippen LogP contribution is -2.26. The highest BCUT2D eigenvalue weighted by Crippen LogP contribution is 2.07. The lowest BCUT2D eigenvalue weighted by molar-refractivity contribution is -0.129. The van der Waals surface area contributed by atoms with Crippen molar-refractivity contribution in [3.63, 3.8) is 0 Å². The summed E-state index contributed by atoms with van der Waals surface area (Å²) in [5.74, 6) is 0.229. The van der Waals surface area contributed by atoms with Crippen LogP contribution in [0.2, 0.25) is 0 Å². The highest BCUT2D eigenvalue weighted by Gasteiger charge is 2.09. The van der Waals surface area contributed by atoms with Gasteiger partial charge in [-0.15, -0.1) is 11.6 Å². The predicted octanol–water partition coefficient (Wildman–Crippen LogP) is 1.63. The molecule has 0 fully saturated rings. The van der Waals surface area contributed by atoms with Crippen LogP contribution in [-0.2, 0) is 11.3 Å². The van der Waals surface area contributed by atoms with Gasteiger partial charge in [-0.25, -0.2) is 0 Å². The number of halogens is 1. The van der Waals surface area contributed by atoms with Crippen LogP contribution in [0.4, 0.5) is 0 Å².